The lowest BCUT2D eigenvalue weighted by atomic mass is 9.92. The molecule has 1 fully saturated rings. The smallest absolute Gasteiger partial charge is 0.159 e. The molecule has 5 nitrogen and oxygen atoms in total. The van der Waals surface area contributed by atoms with E-state index in [1.165, 1.54) is 17.7 Å². The number of pyridine rings is 1. The van der Waals surface area contributed by atoms with Crippen molar-refractivity contribution in [2.24, 2.45) is 5.73 Å². The lowest BCUT2D eigenvalue weighted by Crippen LogP contribution is -2.32. The Labute approximate surface area is 174 Å². The number of nitrogens with zero attached hydrogens (tertiary/aromatic N) is 3. The minimum atomic E-state index is -0.851. The fourth-order valence-electron chi connectivity index (χ4n) is 4.36. The van der Waals surface area contributed by atoms with Crippen molar-refractivity contribution < 1.29 is 8.78 Å². The molecular weight excluding hydrogens is 384 g/mol. The van der Waals surface area contributed by atoms with Gasteiger partial charge in [0.1, 0.15) is 0 Å². The highest BCUT2D eigenvalue weighted by atomic mass is 19.2. The summed E-state index contributed by atoms with van der Waals surface area (Å²) in [5.41, 5.74) is 14.3. The lowest BCUT2D eigenvalue weighted by Gasteiger charge is -2.24. The molecule has 1 aromatic carbocycles. The Kier molecular flexibility index (Phi) is 4.94. The monoisotopic (exact) mass is 407 g/mol. The first-order valence-corrected chi connectivity index (χ1v) is 10.1. The molecule has 1 saturated heterocycles. The Morgan fingerprint density at radius 2 is 1.93 bits per heavy atom. The normalized spacial score (nSPS) is 23.8. The van der Waals surface area contributed by atoms with E-state index in [4.69, 9.17) is 5.73 Å². The average molecular weight is 407 g/mol. The number of allylic oxidation sites excluding steroid dienone is 1. The first kappa shape index (κ1) is 19.1. The number of hydrazine groups is 1. The van der Waals surface area contributed by atoms with Crippen LogP contribution in [-0.4, -0.2) is 40.6 Å². The summed E-state index contributed by atoms with van der Waals surface area (Å²) in [4.78, 5) is 6.46. The van der Waals surface area contributed by atoms with Gasteiger partial charge in [0.05, 0.1) is 11.7 Å². The van der Waals surface area contributed by atoms with Crippen LogP contribution in [0.3, 0.4) is 0 Å². The molecule has 3 aliphatic rings. The molecule has 2 atom stereocenters. The van der Waals surface area contributed by atoms with Crippen molar-refractivity contribution in [1.29, 1.82) is 0 Å². The minimum Gasteiger partial charge on any atom is -0.326 e. The SMILES string of the molecule is NC1CCN(CC2=CN3NC(c4ccc(F)c(F)c4)C(c4ccncc4)=C3C=C2)C1. The van der Waals surface area contributed by atoms with Gasteiger partial charge >= 0.3 is 0 Å². The van der Waals surface area contributed by atoms with Crippen molar-refractivity contribution >= 4 is 5.57 Å². The summed E-state index contributed by atoms with van der Waals surface area (Å²) >= 11 is 0. The number of nitrogens with one attached hydrogen (secondary N) is 1. The zero-order valence-corrected chi connectivity index (χ0v) is 16.4. The Morgan fingerprint density at radius 1 is 1.10 bits per heavy atom. The van der Waals surface area contributed by atoms with Gasteiger partial charge in [-0.2, -0.15) is 0 Å². The van der Waals surface area contributed by atoms with E-state index in [0.717, 1.165) is 42.9 Å². The highest BCUT2D eigenvalue weighted by Gasteiger charge is 2.33. The van der Waals surface area contributed by atoms with Crippen molar-refractivity contribution in [3.63, 3.8) is 0 Å². The highest BCUT2D eigenvalue weighted by Crippen LogP contribution is 2.41. The molecule has 0 radical (unpaired) electrons. The van der Waals surface area contributed by atoms with E-state index in [-0.39, 0.29) is 12.1 Å². The van der Waals surface area contributed by atoms with Crippen LogP contribution in [0.4, 0.5) is 8.78 Å². The van der Waals surface area contributed by atoms with Crippen molar-refractivity contribution in [2.75, 3.05) is 19.6 Å². The quantitative estimate of drug-likeness (QED) is 0.816. The number of aromatic nitrogens is 1. The molecule has 5 rings (SSSR count). The number of hydrogen-bond donors (Lipinski definition) is 2. The second-order valence-corrected chi connectivity index (χ2v) is 7.96. The van der Waals surface area contributed by atoms with Gasteiger partial charge in [0.15, 0.2) is 11.6 Å². The van der Waals surface area contributed by atoms with Gasteiger partial charge < -0.3 is 5.73 Å². The van der Waals surface area contributed by atoms with Crippen LogP contribution in [0, 0.1) is 11.6 Å². The molecule has 2 aromatic rings. The molecule has 0 spiro atoms. The molecule has 3 N–H and O–H groups in total. The van der Waals surface area contributed by atoms with Gasteiger partial charge in [0.2, 0.25) is 0 Å². The maximum atomic E-state index is 14.0. The van der Waals surface area contributed by atoms with Crippen LogP contribution < -0.4 is 11.2 Å². The molecule has 30 heavy (non-hydrogen) atoms. The van der Waals surface area contributed by atoms with Crippen LogP contribution >= 0.6 is 0 Å². The summed E-state index contributed by atoms with van der Waals surface area (Å²) in [7, 11) is 0. The maximum Gasteiger partial charge on any atom is 0.159 e. The van der Waals surface area contributed by atoms with Crippen LogP contribution in [0.15, 0.2) is 72.3 Å². The highest BCUT2D eigenvalue weighted by molar-refractivity contribution is 5.78. The van der Waals surface area contributed by atoms with Crippen LogP contribution in [0.1, 0.15) is 23.6 Å². The topological polar surface area (TPSA) is 57.4 Å². The van der Waals surface area contributed by atoms with Crippen LogP contribution in [0.5, 0.6) is 0 Å². The molecule has 0 aliphatic carbocycles. The molecule has 0 bridgehead atoms. The van der Waals surface area contributed by atoms with Crippen LogP contribution in [-0.2, 0) is 0 Å². The summed E-state index contributed by atoms with van der Waals surface area (Å²) in [6.45, 7) is 2.74. The third-order valence-corrected chi connectivity index (χ3v) is 5.83. The first-order chi connectivity index (χ1) is 14.6. The Bertz CT molecular complexity index is 1050. The largest absolute Gasteiger partial charge is 0.326 e. The summed E-state index contributed by atoms with van der Waals surface area (Å²) in [6.07, 6.45) is 10.8. The average Bonchev–Trinajstić information content (AvgIpc) is 3.33. The molecule has 3 aliphatic heterocycles. The number of nitrogens with two attached hydrogens (primary N) is 1. The van der Waals surface area contributed by atoms with Crippen LogP contribution in [0.2, 0.25) is 0 Å². The minimum absolute atomic E-state index is 0.245. The van der Waals surface area contributed by atoms with E-state index in [9.17, 15) is 8.78 Å². The van der Waals surface area contributed by atoms with Crippen molar-refractivity contribution in [2.45, 2.75) is 18.5 Å². The van der Waals surface area contributed by atoms with Gasteiger partial charge in [-0.1, -0.05) is 12.1 Å². The summed E-state index contributed by atoms with van der Waals surface area (Å²) in [6, 6.07) is 7.85. The zero-order chi connectivity index (χ0) is 20.7. The Morgan fingerprint density at radius 3 is 2.67 bits per heavy atom. The van der Waals surface area contributed by atoms with Gasteiger partial charge in [-0.05, 0) is 53.5 Å². The molecule has 7 heteroatoms. The van der Waals surface area contributed by atoms with E-state index < -0.39 is 11.6 Å². The standard InChI is InChI=1S/C23H23F2N5/c24-19-3-2-17(11-20(19)25)23-22(16-5-8-27-9-6-16)21-4-1-15(13-30(21)28-23)12-29-10-7-18(26)14-29/h1-6,8-9,11,13,18,23,28H,7,10,12,14,26H2. The molecule has 0 amide bonds. The van der Waals surface area contributed by atoms with Crippen LogP contribution in [0.25, 0.3) is 5.57 Å². The molecule has 2 unspecified atom stereocenters. The van der Waals surface area contributed by atoms with Gasteiger partial charge in [0.25, 0.3) is 0 Å². The summed E-state index contributed by atoms with van der Waals surface area (Å²) < 4.78 is 27.5. The Hall–Kier alpha value is -2.87. The fraction of sp³-hybridized carbons (Fsp3) is 0.261. The van der Waals surface area contributed by atoms with E-state index in [1.807, 2.05) is 17.1 Å². The number of likely N-dealkylation sites (tertiary alicyclic amines) is 1. The van der Waals surface area contributed by atoms with Crippen molar-refractivity contribution in [1.82, 2.24) is 20.3 Å². The number of halogens is 2. The predicted octanol–water partition coefficient (Wildman–Crippen LogP) is 3.12. The maximum absolute atomic E-state index is 14.0. The number of fused-ring (bicyclic) bond motifs is 1. The molecular formula is C23H23F2N5. The number of rotatable bonds is 4. The second kappa shape index (κ2) is 7.75. The molecule has 1 aromatic heterocycles. The molecule has 4 heterocycles. The van der Waals surface area contributed by atoms with E-state index in [1.54, 1.807) is 18.5 Å². The number of benzene rings is 1. The van der Waals surface area contributed by atoms with Gasteiger partial charge in [-0.15, -0.1) is 0 Å². The lowest BCUT2D eigenvalue weighted by molar-refractivity contribution is 0.335. The van der Waals surface area contributed by atoms with E-state index >= 15 is 0 Å². The number of hydrogen-bond acceptors (Lipinski definition) is 5. The second-order valence-electron chi connectivity index (χ2n) is 7.96. The van der Waals surface area contributed by atoms with Gasteiger partial charge in [0, 0.05) is 49.8 Å². The van der Waals surface area contributed by atoms with E-state index in [2.05, 4.69) is 33.7 Å². The van der Waals surface area contributed by atoms with Crippen molar-refractivity contribution in [3.05, 3.63) is 95.1 Å². The third-order valence-electron chi connectivity index (χ3n) is 5.83. The van der Waals surface area contributed by atoms with Gasteiger partial charge in [-0.3, -0.25) is 14.9 Å². The Balaban J connectivity index is 1.49. The first-order valence-electron chi connectivity index (χ1n) is 10.1. The van der Waals surface area contributed by atoms with E-state index in [0.29, 0.717) is 5.56 Å². The fourth-order valence-corrected chi connectivity index (χ4v) is 4.36. The molecule has 0 saturated carbocycles. The summed E-state index contributed by atoms with van der Waals surface area (Å²) in [5, 5.41) is 1.98. The zero-order valence-electron chi connectivity index (χ0n) is 16.4. The molecule has 154 valence electrons. The predicted molar refractivity (Wildman–Crippen MR) is 111 cm³/mol. The third kappa shape index (κ3) is 3.56. The van der Waals surface area contributed by atoms with Crippen molar-refractivity contribution in [3.8, 4) is 0 Å². The van der Waals surface area contributed by atoms with Gasteiger partial charge in [-0.25, -0.2) is 14.2 Å². The summed E-state index contributed by atoms with van der Waals surface area (Å²) in [5.74, 6) is -1.70.